The predicted octanol–water partition coefficient (Wildman–Crippen LogP) is 5.25. The molecule has 3 rings (SSSR count). The highest BCUT2D eigenvalue weighted by Crippen LogP contribution is 2.23. The predicted molar refractivity (Wildman–Crippen MR) is 93.6 cm³/mol. The van der Waals surface area contributed by atoms with Crippen LogP contribution in [0.15, 0.2) is 59.8 Å². The van der Waals surface area contributed by atoms with E-state index in [0.29, 0.717) is 0 Å². The van der Waals surface area contributed by atoms with E-state index in [1.54, 1.807) is 11.8 Å². The van der Waals surface area contributed by atoms with Crippen molar-refractivity contribution in [2.24, 2.45) is 0 Å². The Morgan fingerprint density at radius 1 is 1.00 bits per heavy atom. The molecule has 0 unspecified atom stereocenters. The van der Waals surface area contributed by atoms with Gasteiger partial charge in [-0.1, -0.05) is 65.8 Å². The second kappa shape index (κ2) is 7.03. The Balaban J connectivity index is 1.65. The molecule has 3 aromatic rings. The maximum absolute atomic E-state index is 5.90. The number of nitrogens with zero attached hydrogens (tertiary/aromatic N) is 1. The smallest absolute Gasteiger partial charge is 0.166 e. The quantitative estimate of drug-likeness (QED) is 0.647. The number of aromatic nitrogens is 2. The molecular formula is C18H17ClN2S. The van der Waals surface area contributed by atoms with Crippen molar-refractivity contribution in [1.82, 2.24) is 9.97 Å². The standard InChI is InChI=1S/C18H17ClN2S/c1-13-17(11-14-5-3-2-4-6-14)21-18(20-13)22-12-15-7-9-16(19)10-8-15/h2-10H,11-12H2,1H3,(H,20,21). The summed E-state index contributed by atoms with van der Waals surface area (Å²) >= 11 is 7.62. The number of hydrogen-bond acceptors (Lipinski definition) is 2. The van der Waals surface area contributed by atoms with Crippen LogP contribution in [-0.2, 0) is 12.2 Å². The lowest BCUT2D eigenvalue weighted by atomic mass is 10.1. The molecule has 0 aliphatic carbocycles. The van der Waals surface area contributed by atoms with Gasteiger partial charge in [0.2, 0.25) is 0 Å². The molecule has 112 valence electrons. The summed E-state index contributed by atoms with van der Waals surface area (Å²) in [5.74, 6) is 0.884. The number of aryl methyl sites for hydroxylation is 1. The first-order valence-corrected chi connectivity index (χ1v) is 8.54. The second-order valence-electron chi connectivity index (χ2n) is 5.19. The molecule has 0 radical (unpaired) electrons. The van der Waals surface area contributed by atoms with Crippen LogP contribution in [0, 0.1) is 6.92 Å². The fourth-order valence-corrected chi connectivity index (χ4v) is 3.25. The van der Waals surface area contributed by atoms with Gasteiger partial charge in [-0.05, 0) is 30.2 Å². The summed E-state index contributed by atoms with van der Waals surface area (Å²) in [5, 5.41) is 1.74. The highest BCUT2D eigenvalue weighted by Gasteiger charge is 2.08. The molecule has 0 spiro atoms. The van der Waals surface area contributed by atoms with Crippen molar-refractivity contribution < 1.29 is 0 Å². The summed E-state index contributed by atoms with van der Waals surface area (Å²) in [4.78, 5) is 8.09. The SMILES string of the molecule is Cc1[nH]c(SCc2ccc(Cl)cc2)nc1Cc1ccccc1. The Kier molecular flexibility index (Phi) is 4.86. The van der Waals surface area contributed by atoms with Crippen LogP contribution >= 0.6 is 23.4 Å². The number of halogens is 1. The zero-order valence-electron chi connectivity index (χ0n) is 12.3. The number of aromatic amines is 1. The van der Waals surface area contributed by atoms with Gasteiger partial charge in [-0.15, -0.1) is 0 Å². The highest BCUT2D eigenvalue weighted by molar-refractivity contribution is 7.98. The minimum atomic E-state index is 0.771. The molecule has 1 N–H and O–H groups in total. The molecule has 0 aliphatic heterocycles. The van der Waals surface area contributed by atoms with Crippen molar-refractivity contribution in [2.45, 2.75) is 24.3 Å². The Hall–Kier alpha value is -1.71. The van der Waals surface area contributed by atoms with Crippen LogP contribution in [0.25, 0.3) is 0 Å². The summed E-state index contributed by atoms with van der Waals surface area (Å²) in [6.07, 6.45) is 0.866. The summed E-state index contributed by atoms with van der Waals surface area (Å²) < 4.78 is 0. The number of rotatable bonds is 5. The topological polar surface area (TPSA) is 28.7 Å². The van der Waals surface area contributed by atoms with Crippen molar-refractivity contribution in [3.05, 3.63) is 82.1 Å². The van der Waals surface area contributed by atoms with Crippen LogP contribution in [0.1, 0.15) is 22.5 Å². The van der Waals surface area contributed by atoms with Crippen LogP contribution in [0.3, 0.4) is 0 Å². The minimum absolute atomic E-state index is 0.771. The van der Waals surface area contributed by atoms with E-state index in [9.17, 15) is 0 Å². The van der Waals surface area contributed by atoms with Gasteiger partial charge in [-0.25, -0.2) is 4.98 Å². The summed E-state index contributed by atoms with van der Waals surface area (Å²) in [5.41, 5.74) is 4.78. The molecule has 0 amide bonds. The molecule has 22 heavy (non-hydrogen) atoms. The van der Waals surface area contributed by atoms with Crippen LogP contribution in [0.4, 0.5) is 0 Å². The molecule has 0 saturated heterocycles. The van der Waals surface area contributed by atoms with E-state index < -0.39 is 0 Å². The van der Waals surface area contributed by atoms with Crippen molar-refractivity contribution in [3.8, 4) is 0 Å². The molecule has 2 nitrogen and oxygen atoms in total. The van der Waals surface area contributed by atoms with Crippen molar-refractivity contribution in [1.29, 1.82) is 0 Å². The summed E-state index contributed by atoms with van der Waals surface area (Å²) in [7, 11) is 0. The first kappa shape index (κ1) is 15.2. The van der Waals surface area contributed by atoms with Gasteiger partial charge in [0.1, 0.15) is 0 Å². The number of thioether (sulfide) groups is 1. The van der Waals surface area contributed by atoms with Crippen LogP contribution < -0.4 is 0 Å². The maximum atomic E-state index is 5.90. The Labute approximate surface area is 139 Å². The second-order valence-corrected chi connectivity index (χ2v) is 6.59. The molecule has 0 aliphatic rings. The Morgan fingerprint density at radius 3 is 2.45 bits per heavy atom. The van der Waals surface area contributed by atoms with Crippen molar-refractivity contribution in [2.75, 3.05) is 0 Å². The van der Waals surface area contributed by atoms with E-state index in [-0.39, 0.29) is 0 Å². The van der Waals surface area contributed by atoms with Crippen molar-refractivity contribution >= 4 is 23.4 Å². The first-order valence-electron chi connectivity index (χ1n) is 7.17. The summed E-state index contributed by atoms with van der Waals surface area (Å²) in [6, 6.07) is 18.4. The number of nitrogens with one attached hydrogen (secondary N) is 1. The lowest BCUT2D eigenvalue weighted by Gasteiger charge is -1.99. The first-order chi connectivity index (χ1) is 10.7. The van der Waals surface area contributed by atoms with Crippen LogP contribution in [0.2, 0.25) is 5.02 Å². The lowest BCUT2D eigenvalue weighted by molar-refractivity contribution is 1.01. The number of H-pyrrole nitrogens is 1. The van der Waals surface area contributed by atoms with E-state index >= 15 is 0 Å². The van der Waals surface area contributed by atoms with Gasteiger partial charge in [0.25, 0.3) is 0 Å². The van der Waals surface area contributed by atoms with Gasteiger partial charge in [0.15, 0.2) is 5.16 Å². The number of imidazole rings is 1. The monoisotopic (exact) mass is 328 g/mol. The van der Waals surface area contributed by atoms with Gasteiger partial charge in [-0.2, -0.15) is 0 Å². The third-order valence-electron chi connectivity index (χ3n) is 3.47. The fourth-order valence-electron chi connectivity index (χ4n) is 2.23. The molecule has 0 fully saturated rings. The highest BCUT2D eigenvalue weighted by atomic mass is 35.5. The van der Waals surface area contributed by atoms with Gasteiger partial charge in [-0.3, -0.25) is 0 Å². The largest absolute Gasteiger partial charge is 0.337 e. The van der Waals surface area contributed by atoms with Crippen LogP contribution in [0.5, 0.6) is 0 Å². The van der Waals surface area contributed by atoms with Crippen molar-refractivity contribution in [3.63, 3.8) is 0 Å². The van der Waals surface area contributed by atoms with Gasteiger partial charge in [0, 0.05) is 22.9 Å². The average molecular weight is 329 g/mol. The molecular weight excluding hydrogens is 312 g/mol. The molecule has 0 bridgehead atoms. The zero-order valence-corrected chi connectivity index (χ0v) is 13.9. The number of benzene rings is 2. The van der Waals surface area contributed by atoms with Gasteiger partial charge in [0.05, 0.1) is 5.69 Å². The number of hydrogen-bond donors (Lipinski definition) is 1. The van der Waals surface area contributed by atoms with E-state index in [0.717, 1.165) is 33.7 Å². The zero-order chi connectivity index (χ0) is 15.4. The Morgan fingerprint density at radius 2 is 1.73 bits per heavy atom. The molecule has 4 heteroatoms. The van der Waals surface area contributed by atoms with E-state index in [2.05, 4.69) is 48.3 Å². The van der Waals surface area contributed by atoms with E-state index in [1.807, 2.05) is 18.2 Å². The lowest BCUT2D eigenvalue weighted by Crippen LogP contribution is -1.90. The minimum Gasteiger partial charge on any atom is -0.337 e. The van der Waals surface area contributed by atoms with Gasteiger partial charge >= 0.3 is 0 Å². The Bertz CT molecular complexity index is 736. The van der Waals surface area contributed by atoms with E-state index in [4.69, 9.17) is 16.6 Å². The molecule has 0 atom stereocenters. The fraction of sp³-hybridized carbons (Fsp3) is 0.167. The molecule has 2 aromatic carbocycles. The maximum Gasteiger partial charge on any atom is 0.166 e. The molecule has 1 heterocycles. The normalized spacial score (nSPS) is 10.8. The van der Waals surface area contributed by atoms with E-state index in [1.165, 1.54) is 11.1 Å². The summed E-state index contributed by atoms with van der Waals surface area (Å²) in [6.45, 7) is 2.08. The van der Waals surface area contributed by atoms with Crippen LogP contribution in [-0.4, -0.2) is 9.97 Å². The average Bonchev–Trinajstić information content (AvgIpc) is 2.88. The third kappa shape index (κ3) is 3.93. The molecule has 0 saturated carbocycles. The third-order valence-corrected chi connectivity index (χ3v) is 4.66. The molecule has 1 aromatic heterocycles. The van der Waals surface area contributed by atoms with Gasteiger partial charge < -0.3 is 4.98 Å².